The smallest absolute Gasteiger partial charge is 0.168 e. The molecule has 3 nitrogen and oxygen atoms in total. The monoisotopic (exact) mass is 273 g/mol. The Labute approximate surface area is 116 Å². The van der Waals surface area contributed by atoms with E-state index < -0.39 is 0 Å². The van der Waals surface area contributed by atoms with Crippen LogP contribution in [0.3, 0.4) is 0 Å². The lowest BCUT2D eigenvalue weighted by molar-refractivity contribution is 0.0992. The van der Waals surface area contributed by atoms with Gasteiger partial charge in [-0.25, -0.2) is 4.98 Å². The van der Waals surface area contributed by atoms with Crippen molar-refractivity contribution in [2.24, 2.45) is 0 Å². The number of carbonyl (C=O) groups is 1. The Kier molecular flexibility index (Phi) is 3.34. The molecule has 1 heterocycles. The molecule has 1 aliphatic rings. The second-order valence-electron chi connectivity index (χ2n) is 4.80. The average molecular weight is 273 g/mol. The van der Waals surface area contributed by atoms with Crippen LogP contribution in [0.15, 0.2) is 29.6 Å². The van der Waals surface area contributed by atoms with Gasteiger partial charge in [0, 0.05) is 10.9 Å². The zero-order valence-corrected chi connectivity index (χ0v) is 11.6. The van der Waals surface area contributed by atoms with E-state index in [0.29, 0.717) is 18.1 Å². The van der Waals surface area contributed by atoms with E-state index in [2.05, 4.69) is 4.98 Å². The first-order valence-electron chi connectivity index (χ1n) is 6.41. The number of ketones is 1. The fourth-order valence-electron chi connectivity index (χ4n) is 1.85. The van der Waals surface area contributed by atoms with Gasteiger partial charge in [0.2, 0.25) is 0 Å². The van der Waals surface area contributed by atoms with Crippen LogP contribution in [0.25, 0.3) is 0 Å². The van der Waals surface area contributed by atoms with Gasteiger partial charge in [-0.3, -0.25) is 4.79 Å². The quantitative estimate of drug-likeness (QED) is 0.784. The number of ether oxygens (including phenoxy) is 1. The predicted octanol–water partition coefficient (Wildman–Crippen LogP) is 3.42. The number of nitrogens with zero attached hydrogens (tertiary/aromatic N) is 1. The topological polar surface area (TPSA) is 39.2 Å². The number of rotatable bonds is 5. The van der Waals surface area contributed by atoms with Crippen molar-refractivity contribution >= 4 is 17.1 Å². The van der Waals surface area contributed by atoms with Gasteiger partial charge in [0.05, 0.1) is 23.2 Å². The maximum absolute atomic E-state index is 12.1. The summed E-state index contributed by atoms with van der Waals surface area (Å²) in [6.45, 7) is 1.95. The van der Waals surface area contributed by atoms with E-state index >= 15 is 0 Å². The van der Waals surface area contributed by atoms with Gasteiger partial charge >= 0.3 is 0 Å². The van der Waals surface area contributed by atoms with Crippen molar-refractivity contribution in [1.29, 1.82) is 0 Å². The average Bonchev–Trinajstić information content (AvgIpc) is 3.12. The van der Waals surface area contributed by atoms with E-state index in [1.54, 1.807) is 11.3 Å². The standard InChI is InChI=1S/C15H15NO2S/c1-10-16-12(9-19-10)8-15(17)11-2-4-13(5-3-11)18-14-6-7-14/h2-5,9,14H,6-8H2,1H3. The minimum atomic E-state index is 0.100. The van der Waals surface area contributed by atoms with Gasteiger partial charge in [-0.15, -0.1) is 11.3 Å². The highest BCUT2D eigenvalue weighted by Crippen LogP contribution is 2.26. The maximum atomic E-state index is 12.1. The van der Waals surface area contributed by atoms with Gasteiger partial charge in [-0.05, 0) is 44.0 Å². The summed E-state index contributed by atoms with van der Waals surface area (Å²) in [5, 5.41) is 2.94. The lowest BCUT2D eigenvalue weighted by atomic mass is 10.1. The van der Waals surface area contributed by atoms with Crippen molar-refractivity contribution in [2.75, 3.05) is 0 Å². The number of aromatic nitrogens is 1. The van der Waals surface area contributed by atoms with Crippen molar-refractivity contribution in [1.82, 2.24) is 4.98 Å². The van der Waals surface area contributed by atoms with Crippen LogP contribution < -0.4 is 4.74 Å². The molecule has 1 fully saturated rings. The molecule has 1 aromatic heterocycles. The molecule has 0 bridgehead atoms. The summed E-state index contributed by atoms with van der Waals surface area (Å²) in [5.41, 5.74) is 1.57. The molecule has 19 heavy (non-hydrogen) atoms. The van der Waals surface area contributed by atoms with Crippen molar-refractivity contribution < 1.29 is 9.53 Å². The second-order valence-corrected chi connectivity index (χ2v) is 5.86. The summed E-state index contributed by atoms with van der Waals surface area (Å²) in [7, 11) is 0. The molecule has 1 saturated carbocycles. The first kappa shape index (κ1) is 12.4. The summed E-state index contributed by atoms with van der Waals surface area (Å²) >= 11 is 1.57. The molecule has 1 aromatic carbocycles. The first-order valence-corrected chi connectivity index (χ1v) is 7.29. The van der Waals surface area contributed by atoms with E-state index in [4.69, 9.17) is 4.74 Å². The van der Waals surface area contributed by atoms with Crippen molar-refractivity contribution in [3.8, 4) is 5.75 Å². The molecular weight excluding hydrogens is 258 g/mol. The number of thiazole rings is 1. The third-order valence-electron chi connectivity index (χ3n) is 3.01. The third-order valence-corrected chi connectivity index (χ3v) is 3.83. The van der Waals surface area contributed by atoms with Gasteiger partial charge in [0.1, 0.15) is 5.75 Å². The summed E-state index contributed by atoms with van der Waals surface area (Å²) in [6.07, 6.45) is 3.04. The van der Waals surface area contributed by atoms with Gasteiger partial charge in [-0.2, -0.15) is 0 Å². The molecule has 0 amide bonds. The van der Waals surface area contributed by atoms with E-state index in [0.717, 1.165) is 29.3 Å². The number of benzene rings is 1. The van der Waals surface area contributed by atoms with Gasteiger partial charge < -0.3 is 4.74 Å². The van der Waals surface area contributed by atoms with Crippen molar-refractivity contribution in [3.63, 3.8) is 0 Å². The zero-order chi connectivity index (χ0) is 13.2. The summed E-state index contributed by atoms with van der Waals surface area (Å²) in [4.78, 5) is 16.4. The molecule has 98 valence electrons. The molecule has 2 aromatic rings. The lowest BCUT2D eigenvalue weighted by Gasteiger charge is -2.05. The van der Waals surface area contributed by atoms with Crippen LogP contribution in [-0.2, 0) is 6.42 Å². The highest BCUT2D eigenvalue weighted by molar-refractivity contribution is 7.09. The van der Waals surface area contributed by atoms with Crippen LogP contribution in [0.2, 0.25) is 0 Å². The third kappa shape index (κ3) is 3.20. The number of carbonyl (C=O) groups excluding carboxylic acids is 1. The van der Waals surface area contributed by atoms with Crippen LogP contribution >= 0.6 is 11.3 Å². The Morgan fingerprint density at radius 3 is 2.68 bits per heavy atom. The summed E-state index contributed by atoms with van der Waals surface area (Å²) in [6, 6.07) is 7.41. The molecule has 0 radical (unpaired) electrons. The molecule has 3 rings (SSSR count). The van der Waals surface area contributed by atoms with Gasteiger partial charge in [-0.1, -0.05) is 0 Å². The Hall–Kier alpha value is -1.68. The van der Waals surface area contributed by atoms with Crippen LogP contribution in [-0.4, -0.2) is 16.9 Å². The molecule has 4 heteroatoms. The van der Waals surface area contributed by atoms with E-state index in [1.165, 1.54) is 0 Å². The van der Waals surface area contributed by atoms with Crippen molar-refractivity contribution in [2.45, 2.75) is 32.3 Å². The Bertz CT molecular complexity index is 584. The fraction of sp³-hybridized carbons (Fsp3) is 0.333. The second kappa shape index (κ2) is 5.13. The molecule has 0 aliphatic heterocycles. The Morgan fingerprint density at radius 1 is 1.37 bits per heavy atom. The number of hydrogen-bond acceptors (Lipinski definition) is 4. The highest BCUT2D eigenvalue weighted by atomic mass is 32.1. The van der Waals surface area contributed by atoms with Crippen LogP contribution in [0.1, 0.15) is 33.9 Å². The molecule has 0 atom stereocenters. The normalized spacial score (nSPS) is 14.4. The SMILES string of the molecule is Cc1nc(CC(=O)c2ccc(OC3CC3)cc2)cs1. The highest BCUT2D eigenvalue weighted by Gasteiger charge is 2.23. The summed E-state index contributed by atoms with van der Waals surface area (Å²) < 4.78 is 5.66. The van der Waals surface area contributed by atoms with Crippen LogP contribution in [0.5, 0.6) is 5.75 Å². The molecule has 0 N–H and O–H groups in total. The number of hydrogen-bond donors (Lipinski definition) is 0. The zero-order valence-electron chi connectivity index (χ0n) is 10.8. The molecule has 0 unspecified atom stereocenters. The first-order chi connectivity index (χ1) is 9.20. The largest absolute Gasteiger partial charge is 0.490 e. The molecular formula is C15H15NO2S. The van der Waals surface area contributed by atoms with Crippen molar-refractivity contribution in [3.05, 3.63) is 45.9 Å². The molecule has 0 spiro atoms. The number of aryl methyl sites for hydroxylation is 1. The summed E-state index contributed by atoms with van der Waals surface area (Å²) in [5.74, 6) is 0.951. The minimum Gasteiger partial charge on any atom is -0.490 e. The van der Waals surface area contributed by atoms with E-state index in [-0.39, 0.29) is 5.78 Å². The predicted molar refractivity (Wildman–Crippen MR) is 75.0 cm³/mol. The minimum absolute atomic E-state index is 0.100. The molecule has 1 aliphatic carbocycles. The van der Waals surface area contributed by atoms with Crippen LogP contribution in [0, 0.1) is 6.92 Å². The lowest BCUT2D eigenvalue weighted by Crippen LogP contribution is -2.04. The maximum Gasteiger partial charge on any atom is 0.168 e. The number of Topliss-reactive ketones (excluding diaryl/α,β-unsaturated/α-hetero) is 1. The Balaban J connectivity index is 1.65. The van der Waals surface area contributed by atoms with E-state index in [9.17, 15) is 4.79 Å². The molecule has 0 saturated heterocycles. The fourth-order valence-corrected chi connectivity index (χ4v) is 2.47. The van der Waals surface area contributed by atoms with Gasteiger partial charge in [0.25, 0.3) is 0 Å². The van der Waals surface area contributed by atoms with E-state index in [1.807, 2.05) is 36.6 Å². The van der Waals surface area contributed by atoms with Crippen LogP contribution in [0.4, 0.5) is 0 Å². The Morgan fingerprint density at radius 2 is 2.11 bits per heavy atom. The van der Waals surface area contributed by atoms with Gasteiger partial charge in [0.15, 0.2) is 5.78 Å².